The molecule has 1 aromatic heterocycles. The molecule has 0 aromatic carbocycles. The fourth-order valence-electron chi connectivity index (χ4n) is 1.64. The number of hydrogen-bond donors (Lipinski definition) is 0. The molecule has 0 bridgehead atoms. The first kappa shape index (κ1) is 7.33. The van der Waals surface area contributed by atoms with Crippen molar-refractivity contribution in [2.45, 2.75) is 25.0 Å². The Kier molecular flexibility index (Phi) is 1.52. The standard InChI is InChI=1S/C10H12N2O/c1-2-10(13-5-1)8-6-11-12(7-8)9-3-4-9/h1-2,6-7,9-10H,3-5H2. The van der Waals surface area contributed by atoms with Crippen LogP contribution in [-0.4, -0.2) is 16.4 Å². The SMILES string of the molecule is C1=CC(c2cnn(C3CC3)c2)OC1. The molecular formula is C10H12N2O. The lowest BCUT2D eigenvalue weighted by molar-refractivity contribution is 0.129. The monoisotopic (exact) mass is 176 g/mol. The fourth-order valence-corrected chi connectivity index (χ4v) is 1.64. The lowest BCUT2D eigenvalue weighted by atomic mass is 10.2. The maximum Gasteiger partial charge on any atom is 0.104 e. The topological polar surface area (TPSA) is 27.1 Å². The zero-order chi connectivity index (χ0) is 8.67. The molecule has 1 saturated carbocycles. The first-order valence-electron chi connectivity index (χ1n) is 4.76. The van der Waals surface area contributed by atoms with E-state index in [0.29, 0.717) is 6.04 Å². The molecule has 1 aliphatic carbocycles. The summed E-state index contributed by atoms with van der Waals surface area (Å²) < 4.78 is 7.55. The third kappa shape index (κ3) is 1.29. The molecule has 1 aliphatic heterocycles. The van der Waals surface area contributed by atoms with Crippen molar-refractivity contribution in [3.63, 3.8) is 0 Å². The fraction of sp³-hybridized carbons (Fsp3) is 0.500. The van der Waals surface area contributed by atoms with Crippen molar-refractivity contribution in [3.8, 4) is 0 Å². The Balaban J connectivity index is 1.83. The molecule has 1 fully saturated rings. The average Bonchev–Trinajstić information content (AvgIpc) is 2.72. The minimum atomic E-state index is 0.146. The molecule has 0 saturated heterocycles. The van der Waals surface area contributed by atoms with E-state index in [9.17, 15) is 0 Å². The molecule has 3 heteroatoms. The van der Waals surface area contributed by atoms with Crippen LogP contribution in [0.5, 0.6) is 0 Å². The van der Waals surface area contributed by atoms with E-state index in [-0.39, 0.29) is 6.10 Å². The number of ether oxygens (including phenoxy) is 1. The van der Waals surface area contributed by atoms with Gasteiger partial charge in [-0.1, -0.05) is 12.2 Å². The van der Waals surface area contributed by atoms with Gasteiger partial charge in [0.15, 0.2) is 0 Å². The highest BCUT2D eigenvalue weighted by atomic mass is 16.5. The van der Waals surface area contributed by atoms with Crippen molar-refractivity contribution < 1.29 is 4.74 Å². The Morgan fingerprint density at radius 1 is 1.46 bits per heavy atom. The molecule has 1 atom stereocenters. The summed E-state index contributed by atoms with van der Waals surface area (Å²) in [5, 5.41) is 4.33. The quantitative estimate of drug-likeness (QED) is 0.643. The van der Waals surface area contributed by atoms with Gasteiger partial charge in [-0.15, -0.1) is 0 Å². The molecule has 0 amide bonds. The summed E-state index contributed by atoms with van der Waals surface area (Å²) >= 11 is 0. The Morgan fingerprint density at radius 2 is 2.38 bits per heavy atom. The van der Waals surface area contributed by atoms with Gasteiger partial charge in [0.05, 0.1) is 18.8 Å². The van der Waals surface area contributed by atoms with Crippen LogP contribution in [-0.2, 0) is 4.74 Å². The van der Waals surface area contributed by atoms with E-state index in [2.05, 4.69) is 28.1 Å². The number of rotatable bonds is 2. The number of hydrogen-bond acceptors (Lipinski definition) is 2. The molecule has 68 valence electrons. The molecular weight excluding hydrogens is 164 g/mol. The predicted octanol–water partition coefficient (Wildman–Crippen LogP) is 1.85. The second kappa shape index (κ2) is 2.70. The highest BCUT2D eigenvalue weighted by Gasteiger charge is 2.25. The highest BCUT2D eigenvalue weighted by Crippen LogP contribution is 2.35. The maximum absolute atomic E-state index is 5.49. The van der Waals surface area contributed by atoms with E-state index < -0.39 is 0 Å². The number of nitrogens with zero attached hydrogens (tertiary/aromatic N) is 2. The molecule has 0 radical (unpaired) electrons. The van der Waals surface area contributed by atoms with Crippen molar-refractivity contribution in [1.29, 1.82) is 0 Å². The smallest absolute Gasteiger partial charge is 0.104 e. The first-order valence-corrected chi connectivity index (χ1v) is 4.76. The van der Waals surface area contributed by atoms with Crippen LogP contribution in [0.3, 0.4) is 0 Å². The normalized spacial score (nSPS) is 26.9. The van der Waals surface area contributed by atoms with Crippen molar-refractivity contribution >= 4 is 0 Å². The van der Waals surface area contributed by atoms with Gasteiger partial charge in [0.2, 0.25) is 0 Å². The van der Waals surface area contributed by atoms with Crippen molar-refractivity contribution in [1.82, 2.24) is 9.78 Å². The summed E-state index contributed by atoms with van der Waals surface area (Å²) in [4.78, 5) is 0. The third-order valence-corrected chi connectivity index (χ3v) is 2.55. The van der Waals surface area contributed by atoms with E-state index in [4.69, 9.17) is 4.74 Å². The van der Waals surface area contributed by atoms with E-state index in [1.807, 2.05) is 6.20 Å². The van der Waals surface area contributed by atoms with Crippen LogP contribution in [0.2, 0.25) is 0 Å². The molecule has 13 heavy (non-hydrogen) atoms. The summed E-state index contributed by atoms with van der Waals surface area (Å²) in [6.45, 7) is 0.735. The third-order valence-electron chi connectivity index (χ3n) is 2.55. The molecule has 1 unspecified atom stereocenters. The molecule has 1 aromatic rings. The average molecular weight is 176 g/mol. The van der Waals surface area contributed by atoms with Gasteiger partial charge in [-0.05, 0) is 12.8 Å². The minimum Gasteiger partial charge on any atom is -0.365 e. The van der Waals surface area contributed by atoms with E-state index in [1.165, 1.54) is 18.4 Å². The van der Waals surface area contributed by atoms with Gasteiger partial charge in [0.25, 0.3) is 0 Å². The number of aromatic nitrogens is 2. The lowest BCUT2D eigenvalue weighted by Crippen LogP contribution is -1.95. The van der Waals surface area contributed by atoms with Crippen LogP contribution in [0.4, 0.5) is 0 Å². The van der Waals surface area contributed by atoms with Crippen molar-refractivity contribution in [3.05, 3.63) is 30.1 Å². The van der Waals surface area contributed by atoms with Crippen LogP contribution < -0.4 is 0 Å². The van der Waals surface area contributed by atoms with Crippen LogP contribution >= 0.6 is 0 Å². The summed E-state index contributed by atoms with van der Waals surface area (Å²) in [6.07, 6.45) is 10.9. The van der Waals surface area contributed by atoms with Crippen molar-refractivity contribution in [2.24, 2.45) is 0 Å². The molecule has 3 nitrogen and oxygen atoms in total. The first-order chi connectivity index (χ1) is 6.43. The van der Waals surface area contributed by atoms with Crippen molar-refractivity contribution in [2.75, 3.05) is 6.61 Å². The minimum absolute atomic E-state index is 0.146. The van der Waals surface area contributed by atoms with Gasteiger partial charge in [-0.25, -0.2) is 0 Å². The Labute approximate surface area is 77.0 Å². The van der Waals surface area contributed by atoms with E-state index in [0.717, 1.165) is 6.61 Å². The zero-order valence-electron chi connectivity index (χ0n) is 7.39. The summed E-state index contributed by atoms with van der Waals surface area (Å²) in [5.74, 6) is 0. The second-order valence-corrected chi connectivity index (χ2v) is 3.67. The summed E-state index contributed by atoms with van der Waals surface area (Å²) in [5.41, 5.74) is 1.18. The predicted molar refractivity (Wildman–Crippen MR) is 48.3 cm³/mol. The molecule has 3 rings (SSSR count). The molecule has 2 aliphatic rings. The molecule has 0 N–H and O–H groups in total. The van der Waals surface area contributed by atoms with Gasteiger partial charge in [0, 0.05) is 11.8 Å². The molecule has 0 spiro atoms. The van der Waals surface area contributed by atoms with Gasteiger partial charge in [-0.3, -0.25) is 4.68 Å². The maximum atomic E-state index is 5.49. The van der Waals surface area contributed by atoms with Gasteiger partial charge >= 0.3 is 0 Å². The van der Waals surface area contributed by atoms with E-state index in [1.54, 1.807) is 0 Å². The zero-order valence-corrected chi connectivity index (χ0v) is 7.39. The van der Waals surface area contributed by atoms with Gasteiger partial charge in [0.1, 0.15) is 6.10 Å². The second-order valence-electron chi connectivity index (χ2n) is 3.67. The highest BCUT2D eigenvalue weighted by molar-refractivity contribution is 5.17. The van der Waals surface area contributed by atoms with Crippen LogP contribution in [0.15, 0.2) is 24.5 Å². The van der Waals surface area contributed by atoms with Gasteiger partial charge in [-0.2, -0.15) is 5.10 Å². The van der Waals surface area contributed by atoms with Crippen LogP contribution in [0.25, 0.3) is 0 Å². The van der Waals surface area contributed by atoms with Crippen LogP contribution in [0, 0.1) is 0 Å². The summed E-state index contributed by atoms with van der Waals surface area (Å²) in [7, 11) is 0. The Morgan fingerprint density at radius 3 is 3.08 bits per heavy atom. The Bertz CT molecular complexity index is 338. The largest absolute Gasteiger partial charge is 0.365 e. The molecule has 2 heterocycles. The van der Waals surface area contributed by atoms with Gasteiger partial charge < -0.3 is 4.74 Å². The van der Waals surface area contributed by atoms with Crippen LogP contribution in [0.1, 0.15) is 30.6 Å². The van der Waals surface area contributed by atoms with E-state index >= 15 is 0 Å². The summed E-state index contributed by atoms with van der Waals surface area (Å²) in [6, 6.07) is 0.666. The lowest BCUT2D eigenvalue weighted by Gasteiger charge is -2.03. The Hall–Kier alpha value is -1.09.